The number of hydrogen-bond donors (Lipinski definition) is 2. The Balaban J connectivity index is 3.96. The molecular formula is C8H22N2Si. The molecule has 0 rings (SSSR count). The van der Waals surface area contributed by atoms with E-state index in [1.54, 1.807) is 0 Å². The summed E-state index contributed by atoms with van der Waals surface area (Å²) >= 11 is 0. The SMILES string of the molecule is CC[Si](CC)(CCN)CNC. The highest BCUT2D eigenvalue weighted by atomic mass is 28.3. The molecule has 0 atom stereocenters. The van der Waals surface area contributed by atoms with Gasteiger partial charge in [0.15, 0.2) is 0 Å². The minimum atomic E-state index is -0.980. The Kier molecular flexibility index (Phi) is 5.82. The normalized spacial score (nSPS) is 12.0. The monoisotopic (exact) mass is 174 g/mol. The smallest absolute Gasteiger partial charge is 0.0694 e. The fourth-order valence-electron chi connectivity index (χ4n) is 1.62. The van der Waals surface area contributed by atoms with Crippen molar-refractivity contribution in [2.45, 2.75) is 32.0 Å². The quantitative estimate of drug-likeness (QED) is 0.594. The fraction of sp³-hybridized carbons (Fsp3) is 1.00. The molecule has 0 saturated heterocycles. The van der Waals surface area contributed by atoms with E-state index in [1.165, 1.54) is 24.3 Å². The van der Waals surface area contributed by atoms with Crippen molar-refractivity contribution in [2.75, 3.05) is 19.8 Å². The lowest BCUT2D eigenvalue weighted by Crippen LogP contribution is -2.44. The summed E-state index contributed by atoms with van der Waals surface area (Å²) in [6.45, 7) is 5.49. The van der Waals surface area contributed by atoms with Crippen molar-refractivity contribution in [1.82, 2.24) is 5.32 Å². The maximum Gasteiger partial charge on any atom is 0.0694 e. The van der Waals surface area contributed by atoms with Gasteiger partial charge in [-0.25, -0.2) is 0 Å². The average molecular weight is 174 g/mol. The van der Waals surface area contributed by atoms with Gasteiger partial charge in [0.2, 0.25) is 0 Å². The van der Waals surface area contributed by atoms with Gasteiger partial charge >= 0.3 is 0 Å². The Labute approximate surface area is 71.6 Å². The summed E-state index contributed by atoms with van der Waals surface area (Å²) in [6.07, 6.45) is 1.23. The van der Waals surface area contributed by atoms with E-state index in [-0.39, 0.29) is 0 Å². The lowest BCUT2D eigenvalue weighted by atomic mass is 10.8. The number of rotatable bonds is 6. The summed E-state index contributed by atoms with van der Waals surface area (Å²) in [7, 11) is 1.07. The molecule has 0 aromatic carbocycles. The van der Waals surface area contributed by atoms with Crippen LogP contribution in [0, 0.1) is 0 Å². The predicted octanol–water partition coefficient (Wildman–Crippen LogP) is 1.19. The molecule has 3 heteroatoms. The van der Waals surface area contributed by atoms with E-state index in [1.807, 2.05) is 7.05 Å². The van der Waals surface area contributed by atoms with Crippen LogP contribution in [0.15, 0.2) is 0 Å². The van der Waals surface area contributed by atoms with Crippen LogP contribution in [0.2, 0.25) is 18.1 Å². The molecule has 0 spiro atoms. The average Bonchev–Trinajstić information content (AvgIpc) is 2.04. The van der Waals surface area contributed by atoms with Gasteiger partial charge in [-0.05, 0) is 25.8 Å². The largest absolute Gasteiger partial charge is 0.331 e. The molecular weight excluding hydrogens is 152 g/mol. The Morgan fingerprint density at radius 1 is 1.27 bits per heavy atom. The molecule has 0 saturated carbocycles. The Hall–Kier alpha value is 0.137. The second-order valence-corrected chi connectivity index (χ2v) is 8.54. The minimum Gasteiger partial charge on any atom is -0.331 e. The molecule has 0 bridgehead atoms. The molecule has 0 aliphatic heterocycles. The lowest BCUT2D eigenvalue weighted by molar-refractivity contribution is 0.900. The Bertz CT molecular complexity index is 84.1. The van der Waals surface area contributed by atoms with Gasteiger partial charge in [-0.3, -0.25) is 0 Å². The van der Waals surface area contributed by atoms with E-state index in [0.29, 0.717) is 0 Å². The van der Waals surface area contributed by atoms with Gasteiger partial charge < -0.3 is 11.1 Å². The lowest BCUT2D eigenvalue weighted by Gasteiger charge is -2.28. The van der Waals surface area contributed by atoms with Crippen molar-refractivity contribution in [3.8, 4) is 0 Å². The first-order valence-corrected chi connectivity index (χ1v) is 7.42. The fourth-order valence-corrected chi connectivity index (χ4v) is 4.87. The molecule has 0 aromatic heterocycles. The van der Waals surface area contributed by atoms with Gasteiger partial charge in [0.1, 0.15) is 0 Å². The van der Waals surface area contributed by atoms with Crippen molar-refractivity contribution < 1.29 is 0 Å². The highest BCUT2D eigenvalue weighted by Crippen LogP contribution is 2.18. The van der Waals surface area contributed by atoms with E-state index >= 15 is 0 Å². The van der Waals surface area contributed by atoms with Crippen LogP contribution in [-0.2, 0) is 0 Å². The zero-order valence-corrected chi connectivity index (χ0v) is 9.11. The first-order chi connectivity index (χ1) is 5.24. The van der Waals surface area contributed by atoms with Crippen LogP contribution in [0.4, 0.5) is 0 Å². The Morgan fingerprint density at radius 2 is 1.82 bits per heavy atom. The summed E-state index contributed by atoms with van der Waals surface area (Å²) < 4.78 is 0. The summed E-state index contributed by atoms with van der Waals surface area (Å²) in [5, 5.41) is 3.30. The van der Waals surface area contributed by atoms with Crippen LogP contribution in [0.25, 0.3) is 0 Å². The molecule has 3 N–H and O–H groups in total. The standard InChI is InChI=1S/C8H22N2Si/c1-4-11(5-2,7-6-9)8-10-3/h10H,4-9H2,1-3H3. The molecule has 0 fully saturated rings. The first-order valence-electron chi connectivity index (χ1n) is 4.59. The zero-order valence-electron chi connectivity index (χ0n) is 8.11. The third-order valence-electron chi connectivity index (χ3n) is 2.73. The summed E-state index contributed by atoms with van der Waals surface area (Å²) in [6, 6.07) is 4.00. The molecule has 11 heavy (non-hydrogen) atoms. The maximum absolute atomic E-state index is 5.60. The van der Waals surface area contributed by atoms with Gasteiger partial charge in [-0.2, -0.15) is 0 Å². The number of nitrogens with one attached hydrogen (secondary N) is 1. The predicted molar refractivity (Wildman–Crippen MR) is 54.5 cm³/mol. The molecule has 0 radical (unpaired) electrons. The third kappa shape index (κ3) is 3.36. The van der Waals surface area contributed by atoms with E-state index in [2.05, 4.69) is 19.2 Å². The van der Waals surface area contributed by atoms with Crippen LogP contribution in [0.5, 0.6) is 0 Å². The molecule has 0 amide bonds. The first kappa shape index (κ1) is 11.1. The zero-order chi connectivity index (χ0) is 8.74. The molecule has 68 valence electrons. The maximum atomic E-state index is 5.60. The van der Waals surface area contributed by atoms with Gasteiger partial charge in [0.05, 0.1) is 8.07 Å². The van der Waals surface area contributed by atoms with Crippen LogP contribution in [0.1, 0.15) is 13.8 Å². The Morgan fingerprint density at radius 3 is 2.09 bits per heavy atom. The van der Waals surface area contributed by atoms with E-state index < -0.39 is 8.07 Å². The van der Waals surface area contributed by atoms with Crippen LogP contribution < -0.4 is 11.1 Å². The second kappa shape index (κ2) is 5.74. The van der Waals surface area contributed by atoms with Crippen molar-refractivity contribution in [2.24, 2.45) is 5.73 Å². The topological polar surface area (TPSA) is 38.0 Å². The van der Waals surface area contributed by atoms with Crippen LogP contribution in [0.3, 0.4) is 0 Å². The molecule has 0 aliphatic rings. The highest BCUT2D eigenvalue weighted by molar-refractivity contribution is 6.80. The van der Waals surface area contributed by atoms with Gasteiger partial charge in [-0.1, -0.05) is 25.9 Å². The molecule has 0 unspecified atom stereocenters. The van der Waals surface area contributed by atoms with E-state index in [4.69, 9.17) is 5.73 Å². The summed E-state index contributed by atoms with van der Waals surface area (Å²) in [5.74, 6) is 0. The molecule has 0 aromatic rings. The van der Waals surface area contributed by atoms with Crippen molar-refractivity contribution in [1.29, 1.82) is 0 Å². The second-order valence-electron chi connectivity index (χ2n) is 3.28. The van der Waals surface area contributed by atoms with Crippen LogP contribution >= 0.6 is 0 Å². The van der Waals surface area contributed by atoms with Crippen molar-refractivity contribution in [3.63, 3.8) is 0 Å². The van der Waals surface area contributed by atoms with E-state index in [9.17, 15) is 0 Å². The van der Waals surface area contributed by atoms with E-state index in [0.717, 1.165) is 6.54 Å². The van der Waals surface area contributed by atoms with Gasteiger partial charge in [0.25, 0.3) is 0 Å². The molecule has 2 nitrogen and oxygen atoms in total. The van der Waals surface area contributed by atoms with Crippen molar-refractivity contribution >= 4 is 8.07 Å². The summed E-state index contributed by atoms with van der Waals surface area (Å²) in [4.78, 5) is 0. The third-order valence-corrected chi connectivity index (χ3v) is 8.18. The molecule has 0 heterocycles. The minimum absolute atomic E-state index is 0.871. The summed E-state index contributed by atoms with van der Waals surface area (Å²) in [5.41, 5.74) is 5.60. The van der Waals surface area contributed by atoms with Crippen molar-refractivity contribution in [3.05, 3.63) is 0 Å². The molecule has 0 aliphatic carbocycles. The van der Waals surface area contributed by atoms with Crippen LogP contribution in [-0.4, -0.2) is 27.8 Å². The van der Waals surface area contributed by atoms with Gasteiger partial charge in [-0.15, -0.1) is 0 Å². The van der Waals surface area contributed by atoms with Gasteiger partial charge in [0, 0.05) is 0 Å². The number of hydrogen-bond acceptors (Lipinski definition) is 2. The number of nitrogens with two attached hydrogens (primary N) is 1. The highest BCUT2D eigenvalue weighted by Gasteiger charge is 2.26.